The molecule has 0 spiro atoms. The number of amides is 1. The number of ether oxygens (including phenoxy) is 1. The van der Waals surface area contributed by atoms with E-state index < -0.39 is 17.4 Å². The van der Waals surface area contributed by atoms with Gasteiger partial charge in [0, 0.05) is 17.2 Å². The van der Waals surface area contributed by atoms with Crippen LogP contribution < -0.4 is 11.0 Å². The molecular formula is C16H19BrFN5O3. The topological polar surface area (TPSA) is 91.0 Å². The molecule has 0 radical (unpaired) electrons. The molecule has 0 bridgehead atoms. The summed E-state index contributed by atoms with van der Waals surface area (Å²) in [7, 11) is 0. The Labute approximate surface area is 157 Å². The average Bonchev–Trinajstić information content (AvgIpc) is 2.91. The van der Waals surface area contributed by atoms with Crippen LogP contribution in [0.25, 0.3) is 5.82 Å². The molecule has 140 valence electrons. The fraction of sp³-hybridized carbons (Fsp3) is 0.375. The van der Waals surface area contributed by atoms with E-state index in [1.807, 2.05) is 0 Å². The van der Waals surface area contributed by atoms with Gasteiger partial charge < -0.3 is 10.1 Å². The van der Waals surface area contributed by atoms with E-state index >= 15 is 0 Å². The Bertz CT molecular complexity index is 852. The van der Waals surface area contributed by atoms with E-state index in [2.05, 4.69) is 31.3 Å². The smallest absolute Gasteiger partial charge is 0.407 e. The van der Waals surface area contributed by atoms with Crippen molar-refractivity contribution in [2.24, 2.45) is 0 Å². The summed E-state index contributed by atoms with van der Waals surface area (Å²) in [6.07, 6.45) is 2.52. The van der Waals surface area contributed by atoms with Gasteiger partial charge in [-0.15, -0.1) is 0 Å². The van der Waals surface area contributed by atoms with Gasteiger partial charge in [-0.25, -0.2) is 28.2 Å². The number of hydrogen-bond donors (Lipinski definition) is 1. The Morgan fingerprint density at radius 1 is 1.42 bits per heavy atom. The van der Waals surface area contributed by atoms with Crippen molar-refractivity contribution in [2.45, 2.75) is 32.9 Å². The van der Waals surface area contributed by atoms with Gasteiger partial charge in [0.15, 0.2) is 0 Å². The quantitative estimate of drug-likeness (QED) is 0.791. The highest BCUT2D eigenvalue weighted by atomic mass is 79.9. The number of pyridine rings is 1. The van der Waals surface area contributed by atoms with Gasteiger partial charge in [-0.3, -0.25) is 0 Å². The van der Waals surface area contributed by atoms with E-state index in [1.54, 1.807) is 39.1 Å². The van der Waals surface area contributed by atoms with Crippen molar-refractivity contribution < 1.29 is 13.9 Å². The summed E-state index contributed by atoms with van der Waals surface area (Å²) >= 11 is 3.27. The molecule has 0 aliphatic heterocycles. The largest absolute Gasteiger partial charge is 0.444 e. The Kier molecular flexibility index (Phi) is 6.30. The summed E-state index contributed by atoms with van der Waals surface area (Å²) in [5.74, 6) is 0.391. The molecule has 2 heterocycles. The van der Waals surface area contributed by atoms with Gasteiger partial charge in [0.1, 0.15) is 17.7 Å². The summed E-state index contributed by atoms with van der Waals surface area (Å²) in [6.45, 7) is 4.94. The van der Waals surface area contributed by atoms with Gasteiger partial charge in [-0.2, -0.15) is 5.10 Å². The molecule has 1 N–H and O–H groups in total. The second-order valence-electron chi connectivity index (χ2n) is 6.40. The fourth-order valence-corrected chi connectivity index (χ4v) is 2.17. The van der Waals surface area contributed by atoms with Gasteiger partial charge in [0.25, 0.3) is 0 Å². The highest BCUT2D eigenvalue weighted by Gasteiger charge is 2.16. The summed E-state index contributed by atoms with van der Waals surface area (Å²) < 4.78 is 21.3. The first-order valence-corrected chi connectivity index (χ1v) is 8.50. The van der Waals surface area contributed by atoms with Crippen LogP contribution in [0.1, 0.15) is 20.8 Å². The van der Waals surface area contributed by atoms with Crippen LogP contribution in [0.5, 0.6) is 0 Å². The molecule has 0 saturated carbocycles. The standard InChI is InChI=1S/C16H19BrFN5O3/c1-16(2,3)26-14(24)20-7-11(6-18)9-23-15(25)22(10-21-23)13-5-4-12(17)8-19-13/h4-6,8,10H,7,9H2,1-3H3,(H,20,24)/b11-6-. The first kappa shape index (κ1) is 19.8. The van der Waals surface area contributed by atoms with Crippen LogP contribution in [-0.2, 0) is 11.3 Å². The first-order chi connectivity index (χ1) is 12.2. The Balaban J connectivity index is 2.04. The lowest BCUT2D eigenvalue weighted by molar-refractivity contribution is 0.0532. The Morgan fingerprint density at radius 2 is 2.15 bits per heavy atom. The molecule has 26 heavy (non-hydrogen) atoms. The number of carbonyl (C=O) groups excluding carboxylic acids is 1. The zero-order valence-electron chi connectivity index (χ0n) is 14.6. The fourth-order valence-electron chi connectivity index (χ4n) is 1.93. The van der Waals surface area contributed by atoms with Crippen molar-refractivity contribution in [3.8, 4) is 5.82 Å². The molecule has 0 saturated heterocycles. The molecule has 0 atom stereocenters. The van der Waals surface area contributed by atoms with Crippen LogP contribution in [0, 0.1) is 0 Å². The zero-order valence-corrected chi connectivity index (χ0v) is 16.2. The van der Waals surface area contributed by atoms with Crippen molar-refractivity contribution in [1.82, 2.24) is 24.6 Å². The van der Waals surface area contributed by atoms with Crippen LogP contribution in [0.3, 0.4) is 0 Å². The highest BCUT2D eigenvalue weighted by molar-refractivity contribution is 9.10. The number of halogens is 2. The molecule has 2 rings (SSSR count). The van der Waals surface area contributed by atoms with Gasteiger partial charge in [0.05, 0.1) is 12.9 Å². The van der Waals surface area contributed by atoms with Crippen LogP contribution >= 0.6 is 15.9 Å². The number of carbonyl (C=O) groups is 1. The summed E-state index contributed by atoms with van der Waals surface area (Å²) in [5, 5.41) is 6.39. The molecular weight excluding hydrogens is 409 g/mol. The molecule has 2 aromatic heterocycles. The first-order valence-electron chi connectivity index (χ1n) is 7.71. The van der Waals surface area contributed by atoms with Gasteiger partial charge in [0.2, 0.25) is 0 Å². The molecule has 0 fully saturated rings. The third-order valence-electron chi connectivity index (χ3n) is 3.06. The zero-order chi connectivity index (χ0) is 19.3. The second kappa shape index (κ2) is 8.26. The van der Waals surface area contributed by atoms with E-state index in [0.29, 0.717) is 12.1 Å². The minimum absolute atomic E-state index is 0.110. The predicted octanol–water partition coefficient (Wildman–Crippen LogP) is 2.57. The number of rotatable bonds is 5. The van der Waals surface area contributed by atoms with E-state index in [9.17, 15) is 14.0 Å². The number of nitrogens with zero attached hydrogens (tertiary/aromatic N) is 4. The molecule has 0 aliphatic rings. The lowest BCUT2D eigenvalue weighted by atomic mass is 10.2. The summed E-state index contributed by atoms with van der Waals surface area (Å²) in [5.41, 5.74) is -0.972. The number of alkyl carbamates (subject to hydrolysis) is 1. The maximum absolute atomic E-state index is 13.1. The van der Waals surface area contributed by atoms with Crippen molar-refractivity contribution in [2.75, 3.05) is 6.54 Å². The van der Waals surface area contributed by atoms with Crippen LogP contribution in [0.2, 0.25) is 0 Å². The van der Waals surface area contributed by atoms with Gasteiger partial charge in [-0.05, 0) is 54.4 Å². The maximum atomic E-state index is 13.1. The molecule has 0 aromatic carbocycles. The average molecular weight is 428 g/mol. The van der Waals surface area contributed by atoms with E-state index in [0.717, 1.165) is 9.15 Å². The van der Waals surface area contributed by atoms with E-state index in [1.165, 1.54) is 10.9 Å². The number of nitrogens with one attached hydrogen (secondary N) is 1. The molecule has 0 unspecified atom stereocenters. The molecule has 0 aliphatic carbocycles. The molecule has 10 heteroatoms. The second-order valence-corrected chi connectivity index (χ2v) is 7.31. The molecule has 2 aromatic rings. The Morgan fingerprint density at radius 3 is 2.73 bits per heavy atom. The summed E-state index contributed by atoms with van der Waals surface area (Å²) in [6, 6.07) is 3.39. The highest BCUT2D eigenvalue weighted by Crippen LogP contribution is 2.09. The monoisotopic (exact) mass is 427 g/mol. The third kappa shape index (κ3) is 5.51. The minimum Gasteiger partial charge on any atom is -0.444 e. The van der Waals surface area contributed by atoms with Gasteiger partial charge >= 0.3 is 11.8 Å². The Hall–Kier alpha value is -2.49. The van der Waals surface area contributed by atoms with Crippen molar-refractivity contribution in [1.29, 1.82) is 0 Å². The van der Waals surface area contributed by atoms with E-state index in [-0.39, 0.29) is 18.7 Å². The van der Waals surface area contributed by atoms with E-state index in [4.69, 9.17) is 4.74 Å². The van der Waals surface area contributed by atoms with Crippen LogP contribution in [-0.4, -0.2) is 37.6 Å². The van der Waals surface area contributed by atoms with Crippen molar-refractivity contribution in [3.63, 3.8) is 0 Å². The predicted molar refractivity (Wildman–Crippen MR) is 96.7 cm³/mol. The number of hydrogen-bond acceptors (Lipinski definition) is 5. The van der Waals surface area contributed by atoms with Crippen molar-refractivity contribution in [3.05, 3.63) is 51.5 Å². The van der Waals surface area contributed by atoms with Crippen LogP contribution in [0.4, 0.5) is 9.18 Å². The van der Waals surface area contributed by atoms with Crippen LogP contribution in [0.15, 0.2) is 45.8 Å². The number of aromatic nitrogens is 4. The lowest BCUT2D eigenvalue weighted by Gasteiger charge is -2.19. The summed E-state index contributed by atoms with van der Waals surface area (Å²) in [4.78, 5) is 28.1. The lowest BCUT2D eigenvalue weighted by Crippen LogP contribution is -2.34. The molecule has 1 amide bonds. The normalized spacial score (nSPS) is 12.1. The molecule has 8 nitrogen and oxygen atoms in total. The van der Waals surface area contributed by atoms with Crippen molar-refractivity contribution >= 4 is 22.0 Å². The van der Waals surface area contributed by atoms with Gasteiger partial charge in [-0.1, -0.05) is 0 Å². The SMILES string of the molecule is CC(C)(C)OC(=O)NC/C(=C/F)Cn1ncn(-c2ccc(Br)cn2)c1=O. The maximum Gasteiger partial charge on any atom is 0.407 e. The third-order valence-corrected chi connectivity index (χ3v) is 3.53. The minimum atomic E-state index is -0.672.